The number of benzene rings is 2. The summed E-state index contributed by atoms with van der Waals surface area (Å²) in [6, 6.07) is 13.1. The molecule has 32 heavy (non-hydrogen) atoms. The van der Waals surface area contributed by atoms with Gasteiger partial charge in [-0.15, -0.1) is 0 Å². The maximum atomic E-state index is 14.2. The molecule has 0 saturated carbocycles. The summed E-state index contributed by atoms with van der Waals surface area (Å²) in [5, 5.41) is 0. The largest absolute Gasteiger partial charge is 0.338 e. The second kappa shape index (κ2) is 7.92. The van der Waals surface area contributed by atoms with E-state index in [0.29, 0.717) is 48.9 Å². The summed E-state index contributed by atoms with van der Waals surface area (Å²) in [5.41, 5.74) is 1.06. The van der Waals surface area contributed by atoms with Crippen LogP contribution in [-0.2, 0) is 4.79 Å². The number of halogens is 1. The number of piperazine rings is 1. The van der Waals surface area contributed by atoms with E-state index in [-0.39, 0.29) is 18.3 Å². The summed E-state index contributed by atoms with van der Waals surface area (Å²) in [4.78, 5) is 46.8. The van der Waals surface area contributed by atoms with Gasteiger partial charge in [0.05, 0.1) is 16.8 Å². The van der Waals surface area contributed by atoms with E-state index in [4.69, 9.17) is 0 Å². The molecule has 0 spiro atoms. The van der Waals surface area contributed by atoms with Gasteiger partial charge in [-0.25, -0.2) is 9.37 Å². The Kier molecular flexibility index (Phi) is 4.93. The second-order valence-electron chi connectivity index (χ2n) is 7.66. The van der Waals surface area contributed by atoms with Gasteiger partial charge in [0.1, 0.15) is 12.4 Å². The lowest BCUT2D eigenvalue weighted by Gasteiger charge is -2.36. The molecule has 162 valence electrons. The first-order chi connectivity index (χ1) is 15.5. The van der Waals surface area contributed by atoms with Gasteiger partial charge in [0.25, 0.3) is 11.8 Å². The van der Waals surface area contributed by atoms with Crippen molar-refractivity contribution in [1.82, 2.24) is 19.4 Å². The van der Waals surface area contributed by atoms with Crippen LogP contribution >= 0.6 is 0 Å². The molecule has 2 aromatic carbocycles. The maximum absolute atomic E-state index is 14.2. The summed E-state index contributed by atoms with van der Waals surface area (Å²) in [6.07, 6.45) is 3.31. The highest BCUT2D eigenvalue weighted by molar-refractivity contribution is 6.22. The van der Waals surface area contributed by atoms with Crippen LogP contribution in [0.2, 0.25) is 0 Å². The van der Waals surface area contributed by atoms with E-state index >= 15 is 0 Å². The summed E-state index contributed by atoms with van der Waals surface area (Å²) < 4.78 is 15.9. The van der Waals surface area contributed by atoms with Crippen LogP contribution < -0.4 is 4.90 Å². The molecule has 8 nitrogen and oxygen atoms in total. The van der Waals surface area contributed by atoms with Crippen LogP contribution in [-0.4, -0.2) is 69.8 Å². The van der Waals surface area contributed by atoms with Crippen molar-refractivity contribution < 1.29 is 18.8 Å². The number of hydrogen-bond donors (Lipinski definition) is 0. The number of hydrogen-bond acceptors (Lipinski definition) is 5. The zero-order valence-corrected chi connectivity index (χ0v) is 17.1. The predicted octanol–water partition coefficient (Wildman–Crippen LogP) is 1.96. The molecule has 1 saturated heterocycles. The number of fused-ring (bicyclic) bond motifs is 1. The standard InChI is InChI=1S/C23H20FN5O3/c24-18-7-3-4-8-19(18)28-10-9-25-23(28)27-13-11-26(12-14-27)20(30)15-29-21(31)16-5-1-2-6-17(16)22(29)32/h1-10H,11-15H2. The van der Waals surface area contributed by atoms with Crippen molar-refractivity contribution >= 4 is 23.7 Å². The average molecular weight is 433 g/mol. The van der Waals surface area contributed by atoms with Crippen LogP contribution in [0.3, 0.4) is 0 Å². The molecule has 0 N–H and O–H groups in total. The van der Waals surface area contributed by atoms with Gasteiger partial charge in [-0.1, -0.05) is 24.3 Å². The number of nitrogens with zero attached hydrogens (tertiary/aromatic N) is 5. The molecule has 1 fully saturated rings. The lowest BCUT2D eigenvalue weighted by molar-refractivity contribution is -0.131. The van der Waals surface area contributed by atoms with E-state index in [9.17, 15) is 18.8 Å². The van der Waals surface area contributed by atoms with Gasteiger partial charge in [0.15, 0.2) is 0 Å². The molecule has 3 heterocycles. The molecule has 0 atom stereocenters. The maximum Gasteiger partial charge on any atom is 0.262 e. The van der Waals surface area contributed by atoms with Gasteiger partial charge in [0.2, 0.25) is 11.9 Å². The number of imidazole rings is 1. The molecule has 0 bridgehead atoms. The van der Waals surface area contributed by atoms with Gasteiger partial charge in [-0.3, -0.25) is 23.9 Å². The first-order valence-corrected chi connectivity index (χ1v) is 10.3. The molecule has 2 aliphatic heterocycles. The quantitative estimate of drug-likeness (QED) is 0.588. The zero-order chi connectivity index (χ0) is 22.2. The molecule has 0 radical (unpaired) electrons. The van der Waals surface area contributed by atoms with E-state index < -0.39 is 11.8 Å². The molecular formula is C23H20FN5O3. The highest BCUT2D eigenvalue weighted by Crippen LogP contribution is 2.24. The number of amides is 3. The minimum atomic E-state index is -0.440. The Balaban J connectivity index is 1.24. The third kappa shape index (κ3) is 3.31. The Morgan fingerprint density at radius 2 is 1.53 bits per heavy atom. The first-order valence-electron chi connectivity index (χ1n) is 10.3. The normalized spacial score (nSPS) is 16.0. The molecular weight excluding hydrogens is 413 g/mol. The number of imide groups is 1. The summed E-state index contributed by atoms with van der Waals surface area (Å²) in [6.45, 7) is 1.53. The van der Waals surface area contributed by atoms with Crippen LogP contribution in [0.5, 0.6) is 0 Å². The Morgan fingerprint density at radius 1 is 0.906 bits per heavy atom. The number of aromatic nitrogens is 2. The molecule has 0 unspecified atom stereocenters. The monoisotopic (exact) mass is 433 g/mol. The molecule has 2 aliphatic rings. The topological polar surface area (TPSA) is 78.8 Å². The van der Waals surface area contributed by atoms with Crippen LogP contribution in [0.25, 0.3) is 5.69 Å². The van der Waals surface area contributed by atoms with Crippen LogP contribution in [0.4, 0.5) is 10.3 Å². The van der Waals surface area contributed by atoms with Gasteiger partial charge >= 0.3 is 0 Å². The minimum Gasteiger partial charge on any atom is -0.338 e. The summed E-state index contributed by atoms with van der Waals surface area (Å²) in [5.74, 6) is -0.908. The fourth-order valence-electron chi connectivity index (χ4n) is 4.14. The van der Waals surface area contributed by atoms with Crippen molar-refractivity contribution in [3.63, 3.8) is 0 Å². The Morgan fingerprint density at radius 3 is 2.19 bits per heavy atom. The third-order valence-corrected chi connectivity index (χ3v) is 5.82. The Bertz CT molecular complexity index is 1180. The molecule has 9 heteroatoms. The lowest BCUT2D eigenvalue weighted by atomic mass is 10.1. The summed E-state index contributed by atoms with van der Waals surface area (Å²) >= 11 is 0. The smallest absolute Gasteiger partial charge is 0.262 e. The van der Waals surface area contributed by atoms with Crippen LogP contribution in [0.15, 0.2) is 60.9 Å². The van der Waals surface area contributed by atoms with Crippen molar-refractivity contribution in [1.29, 1.82) is 0 Å². The van der Waals surface area contributed by atoms with E-state index in [1.807, 2.05) is 4.90 Å². The van der Waals surface area contributed by atoms with Crippen molar-refractivity contribution in [2.45, 2.75) is 0 Å². The predicted molar refractivity (Wildman–Crippen MR) is 114 cm³/mol. The number of carbonyl (C=O) groups is 3. The zero-order valence-electron chi connectivity index (χ0n) is 17.1. The third-order valence-electron chi connectivity index (χ3n) is 5.82. The number of carbonyl (C=O) groups excluding carboxylic acids is 3. The fourth-order valence-corrected chi connectivity index (χ4v) is 4.14. The fraction of sp³-hybridized carbons (Fsp3) is 0.217. The second-order valence-corrected chi connectivity index (χ2v) is 7.66. The van der Waals surface area contributed by atoms with Crippen LogP contribution in [0.1, 0.15) is 20.7 Å². The van der Waals surface area contributed by atoms with Crippen molar-refractivity contribution in [3.05, 3.63) is 77.9 Å². The van der Waals surface area contributed by atoms with Crippen molar-refractivity contribution in [3.8, 4) is 5.69 Å². The first kappa shape index (κ1) is 19.9. The number of anilines is 1. The molecule has 5 rings (SSSR count). The molecule has 3 amide bonds. The SMILES string of the molecule is O=C(CN1C(=O)c2ccccc2C1=O)N1CCN(c2nccn2-c2ccccc2F)CC1. The Labute approximate surface area is 183 Å². The number of para-hydroxylation sites is 1. The van der Waals surface area contributed by atoms with Crippen LogP contribution in [0, 0.1) is 5.82 Å². The Hall–Kier alpha value is -4.01. The van der Waals surface area contributed by atoms with Gasteiger partial charge in [0, 0.05) is 38.6 Å². The summed E-state index contributed by atoms with van der Waals surface area (Å²) in [7, 11) is 0. The van der Waals surface area contributed by atoms with Crippen molar-refractivity contribution in [2.75, 3.05) is 37.6 Å². The van der Waals surface area contributed by atoms with E-state index in [1.165, 1.54) is 6.07 Å². The number of rotatable bonds is 4. The van der Waals surface area contributed by atoms with Gasteiger partial charge in [-0.05, 0) is 24.3 Å². The van der Waals surface area contributed by atoms with Gasteiger partial charge < -0.3 is 9.80 Å². The van der Waals surface area contributed by atoms with Gasteiger partial charge in [-0.2, -0.15) is 0 Å². The lowest BCUT2D eigenvalue weighted by Crippen LogP contribution is -2.52. The van der Waals surface area contributed by atoms with E-state index in [0.717, 1.165) is 4.90 Å². The highest BCUT2D eigenvalue weighted by Gasteiger charge is 2.37. The minimum absolute atomic E-state index is 0.281. The highest BCUT2D eigenvalue weighted by atomic mass is 19.1. The van der Waals surface area contributed by atoms with Crippen molar-refractivity contribution in [2.24, 2.45) is 0 Å². The average Bonchev–Trinajstić information content (AvgIpc) is 3.39. The van der Waals surface area contributed by atoms with E-state index in [1.54, 1.807) is 64.3 Å². The van der Waals surface area contributed by atoms with E-state index in [2.05, 4.69) is 4.98 Å². The molecule has 1 aromatic heterocycles. The molecule has 3 aromatic rings. The molecule has 0 aliphatic carbocycles.